The van der Waals surface area contributed by atoms with Crippen LogP contribution in [0, 0.1) is 31.1 Å². The average molecular weight is 883 g/mol. The summed E-state index contributed by atoms with van der Waals surface area (Å²) in [5.74, 6) is -0.975. The minimum absolute atomic E-state index is 0.0278. The van der Waals surface area contributed by atoms with Gasteiger partial charge < -0.3 is 33.0 Å². The van der Waals surface area contributed by atoms with Crippen LogP contribution in [0.15, 0.2) is 48.6 Å². The molecular formula is C43H62N4O12Si2. The van der Waals surface area contributed by atoms with Crippen LogP contribution in [0.5, 0.6) is 17.2 Å². The van der Waals surface area contributed by atoms with Gasteiger partial charge in [-0.3, -0.25) is 29.8 Å². The quantitative estimate of drug-likeness (QED) is 0.0349. The molecule has 0 bridgehead atoms. The molecule has 2 heterocycles. The number of nitro benzene ring substituents is 2. The standard InChI is InChI=1S/C43H62N4O12Si2/c1-26-18-33(38(42(3,4)5)58-60(11)12)44(24-26)40(48)29-21-31(46(50)51)28(20-35(29)54-9)16-15-17-56-57-37-23-36(55-10)30(22-32(37)47(52)53)41(49)45-25-27(2)19-34(45)39(43(6,7)8)59-61(13)14/h20-23,33-34,38-39H,1-2,15-19,24-25H2,3-14H3/t33-,34-,38?,39?/m0/s1. The maximum absolute atomic E-state index is 14.2. The lowest BCUT2D eigenvalue weighted by Crippen LogP contribution is -2.50. The third-order valence-electron chi connectivity index (χ3n) is 10.6. The van der Waals surface area contributed by atoms with Crippen molar-refractivity contribution in [1.82, 2.24) is 9.80 Å². The molecule has 18 heteroatoms. The number of hydrogen-bond donors (Lipinski definition) is 0. The summed E-state index contributed by atoms with van der Waals surface area (Å²) in [4.78, 5) is 66.0. The fourth-order valence-electron chi connectivity index (χ4n) is 7.96. The number of rotatable bonds is 18. The predicted octanol–water partition coefficient (Wildman–Crippen LogP) is 8.37. The van der Waals surface area contributed by atoms with Crippen LogP contribution in [0.25, 0.3) is 0 Å². The Balaban J connectivity index is 1.52. The first-order chi connectivity index (χ1) is 28.4. The molecule has 0 spiro atoms. The Kier molecular flexibility index (Phi) is 16.1. The van der Waals surface area contributed by atoms with Crippen molar-refractivity contribution in [3.05, 3.63) is 85.5 Å². The molecule has 2 aliphatic rings. The van der Waals surface area contributed by atoms with Crippen molar-refractivity contribution >= 4 is 41.3 Å². The summed E-state index contributed by atoms with van der Waals surface area (Å²) in [5, 5.41) is 24.7. The molecule has 0 N–H and O–H groups in total. The maximum Gasteiger partial charge on any atom is 0.316 e. The van der Waals surface area contributed by atoms with E-state index in [9.17, 15) is 29.8 Å². The molecule has 2 saturated heterocycles. The minimum Gasteiger partial charge on any atom is -0.496 e. The molecule has 2 aromatic rings. The van der Waals surface area contributed by atoms with Gasteiger partial charge in [0.15, 0.2) is 0 Å². The molecule has 0 saturated carbocycles. The van der Waals surface area contributed by atoms with Gasteiger partial charge in [-0.25, -0.2) is 0 Å². The van der Waals surface area contributed by atoms with Gasteiger partial charge >= 0.3 is 5.69 Å². The van der Waals surface area contributed by atoms with E-state index in [0.29, 0.717) is 12.8 Å². The Morgan fingerprint density at radius 3 is 1.56 bits per heavy atom. The summed E-state index contributed by atoms with van der Waals surface area (Å²) in [7, 11) is 0.468. The lowest BCUT2D eigenvalue weighted by molar-refractivity contribution is -0.388. The Morgan fingerprint density at radius 1 is 0.738 bits per heavy atom. The Labute approximate surface area is 362 Å². The van der Waals surface area contributed by atoms with Crippen LogP contribution >= 0.6 is 0 Å². The van der Waals surface area contributed by atoms with Gasteiger partial charge in [-0.2, -0.15) is 4.89 Å². The third-order valence-corrected chi connectivity index (χ3v) is 12.0. The van der Waals surface area contributed by atoms with Crippen LogP contribution in [0.4, 0.5) is 11.4 Å². The summed E-state index contributed by atoms with van der Waals surface area (Å²) < 4.78 is 24.0. The van der Waals surface area contributed by atoms with Crippen molar-refractivity contribution in [2.45, 2.75) is 118 Å². The van der Waals surface area contributed by atoms with E-state index >= 15 is 0 Å². The number of amides is 2. The molecule has 0 aliphatic carbocycles. The molecule has 2 fully saturated rings. The number of aryl methyl sites for hydroxylation is 1. The zero-order valence-corrected chi connectivity index (χ0v) is 39.7. The lowest BCUT2D eigenvalue weighted by atomic mass is 9.83. The highest BCUT2D eigenvalue weighted by Gasteiger charge is 2.45. The van der Waals surface area contributed by atoms with Crippen LogP contribution in [-0.2, 0) is 20.2 Å². The first-order valence-corrected chi connectivity index (χ1v) is 25.1. The Morgan fingerprint density at radius 2 is 1.16 bits per heavy atom. The molecular weight excluding hydrogens is 821 g/mol. The summed E-state index contributed by atoms with van der Waals surface area (Å²) >= 11 is 0. The van der Waals surface area contributed by atoms with E-state index in [1.54, 1.807) is 9.80 Å². The van der Waals surface area contributed by atoms with E-state index < -0.39 is 45.4 Å². The fourth-order valence-corrected chi connectivity index (χ4v) is 10.0. The first kappa shape index (κ1) is 49.0. The van der Waals surface area contributed by atoms with Crippen LogP contribution in [0.1, 0.15) is 87.1 Å². The number of benzene rings is 2. The number of ether oxygens (including phenoxy) is 2. The zero-order valence-electron chi connectivity index (χ0n) is 37.7. The maximum atomic E-state index is 14.2. The summed E-state index contributed by atoms with van der Waals surface area (Å²) in [6.45, 7) is 29.2. The van der Waals surface area contributed by atoms with Crippen molar-refractivity contribution in [2.24, 2.45) is 10.8 Å². The third kappa shape index (κ3) is 11.9. The highest BCUT2D eigenvalue weighted by molar-refractivity contribution is 6.48. The van der Waals surface area contributed by atoms with Gasteiger partial charge in [0, 0.05) is 36.9 Å². The molecule has 4 atom stereocenters. The van der Waals surface area contributed by atoms with Crippen molar-refractivity contribution in [3.63, 3.8) is 0 Å². The van der Waals surface area contributed by atoms with Gasteiger partial charge in [-0.1, -0.05) is 65.8 Å². The number of carbonyl (C=O) groups excluding carboxylic acids is 2. The smallest absolute Gasteiger partial charge is 0.316 e. The largest absolute Gasteiger partial charge is 0.496 e. The second-order valence-corrected chi connectivity index (χ2v) is 22.4. The number of nitrogens with zero attached hydrogens (tertiary/aromatic N) is 4. The number of carbonyl (C=O) groups is 2. The number of likely N-dealkylation sites (tertiary alicyclic amines) is 2. The van der Waals surface area contributed by atoms with E-state index in [1.807, 2.05) is 26.2 Å². The van der Waals surface area contributed by atoms with Crippen molar-refractivity contribution < 1.29 is 47.5 Å². The molecule has 2 aromatic carbocycles. The minimum atomic E-state index is -1.14. The van der Waals surface area contributed by atoms with E-state index in [-0.39, 0.29) is 107 Å². The first-order valence-electron chi connectivity index (χ1n) is 20.3. The second kappa shape index (κ2) is 20.0. The highest BCUT2D eigenvalue weighted by atomic mass is 28.3. The molecule has 4 rings (SSSR count). The molecule has 2 amide bonds. The van der Waals surface area contributed by atoms with Crippen molar-refractivity contribution in [1.29, 1.82) is 0 Å². The van der Waals surface area contributed by atoms with Gasteiger partial charge in [0.25, 0.3) is 17.5 Å². The summed E-state index contributed by atoms with van der Waals surface area (Å²) in [6, 6.07) is 4.41. The molecule has 2 aliphatic heterocycles. The SMILES string of the molecule is C=C1C[C@@H](C(O[Si](C)C)C(C)(C)C)N(C(=O)c2cc([N+](=O)[O-])c(CCCOOc3cc(OC)c(C(=O)N4CC(=C)C[C@H]4C(O[Si](C)C)C(C)(C)C)cc3[N+](=O)[O-])cc2OC)C1. The molecule has 2 radical (unpaired) electrons. The van der Waals surface area contributed by atoms with Crippen LogP contribution in [-0.4, -0.2) is 108 Å². The molecule has 334 valence electrons. The molecule has 61 heavy (non-hydrogen) atoms. The molecule has 2 unspecified atom stereocenters. The normalized spacial score (nSPS) is 18.2. The van der Waals surface area contributed by atoms with E-state index in [0.717, 1.165) is 17.2 Å². The van der Waals surface area contributed by atoms with Gasteiger partial charge in [0.05, 0.1) is 66.1 Å². The van der Waals surface area contributed by atoms with Crippen molar-refractivity contribution in [2.75, 3.05) is 33.9 Å². The van der Waals surface area contributed by atoms with Crippen LogP contribution in [0.2, 0.25) is 26.2 Å². The number of nitro groups is 2. The highest BCUT2D eigenvalue weighted by Crippen LogP contribution is 2.41. The topological polar surface area (TPSA) is 182 Å². The lowest BCUT2D eigenvalue weighted by Gasteiger charge is -2.40. The van der Waals surface area contributed by atoms with Gasteiger partial charge in [-0.15, -0.1) is 0 Å². The number of hydrogen-bond acceptors (Lipinski definition) is 12. The molecule has 0 aromatic heterocycles. The summed E-state index contributed by atoms with van der Waals surface area (Å²) in [5.41, 5.74) is 0.618. The van der Waals surface area contributed by atoms with E-state index in [4.69, 9.17) is 28.1 Å². The van der Waals surface area contributed by atoms with Crippen molar-refractivity contribution in [3.8, 4) is 17.2 Å². The Bertz CT molecular complexity index is 1850. The van der Waals surface area contributed by atoms with E-state index in [2.05, 4.69) is 54.7 Å². The van der Waals surface area contributed by atoms with E-state index in [1.165, 1.54) is 32.4 Å². The van der Waals surface area contributed by atoms with Gasteiger partial charge in [-0.05, 0) is 68.8 Å². The summed E-state index contributed by atoms with van der Waals surface area (Å²) in [6.07, 6.45) is 0.791. The average Bonchev–Trinajstić information content (AvgIpc) is 3.74. The van der Waals surface area contributed by atoms with Gasteiger partial charge in [0.2, 0.25) is 23.8 Å². The van der Waals surface area contributed by atoms with Crippen LogP contribution in [0.3, 0.4) is 0 Å². The monoisotopic (exact) mass is 882 g/mol. The predicted molar refractivity (Wildman–Crippen MR) is 235 cm³/mol. The molecule has 16 nitrogen and oxygen atoms in total. The zero-order chi connectivity index (χ0) is 45.7. The Hall–Kier alpha value is -4.63. The van der Waals surface area contributed by atoms with Gasteiger partial charge in [0.1, 0.15) is 11.5 Å². The number of methoxy groups -OCH3 is 2. The second-order valence-electron chi connectivity index (χ2n) is 18.3. The fraction of sp³-hybridized carbons (Fsp3) is 0.581. The van der Waals surface area contributed by atoms with Crippen LogP contribution < -0.4 is 14.4 Å².